The second-order valence-corrected chi connectivity index (χ2v) is 6.65. The summed E-state index contributed by atoms with van der Waals surface area (Å²) in [6.45, 7) is 3.03. The smallest absolute Gasteiger partial charge is 0.233 e. The van der Waals surface area contributed by atoms with Crippen LogP contribution in [0.2, 0.25) is 0 Å². The molecule has 4 heteroatoms. The van der Waals surface area contributed by atoms with Crippen LogP contribution < -0.4 is 9.47 Å². The van der Waals surface area contributed by atoms with Gasteiger partial charge in [0.2, 0.25) is 5.91 Å². The Kier molecular flexibility index (Phi) is 3.47. The van der Waals surface area contributed by atoms with Crippen molar-refractivity contribution >= 4 is 5.91 Å². The number of carbonyl (C=O) groups excluding carboxylic acids is 1. The summed E-state index contributed by atoms with van der Waals surface area (Å²) >= 11 is 0. The topological polar surface area (TPSA) is 38.8 Å². The van der Waals surface area contributed by atoms with Gasteiger partial charge in [-0.1, -0.05) is 18.9 Å². The molecule has 1 aromatic rings. The first-order valence-corrected chi connectivity index (χ1v) is 8.49. The van der Waals surface area contributed by atoms with Crippen molar-refractivity contribution in [2.24, 2.45) is 0 Å². The standard InChI is InChI=1S/C18H23NO3/c20-17(19-9-3-1-2-4-10-19)18(7-8-18)14-5-6-15-16(13-14)22-12-11-21-15/h5-6,13H,1-4,7-12H2. The van der Waals surface area contributed by atoms with E-state index >= 15 is 0 Å². The Morgan fingerprint density at radius 1 is 0.955 bits per heavy atom. The van der Waals surface area contributed by atoms with Gasteiger partial charge in [-0.05, 0) is 43.4 Å². The summed E-state index contributed by atoms with van der Waals surface area (Å²) in [5.74, 6) is 1.91. The van der Waals surface area contributed by atoms with Crippen LogP contribution in [-0.4, -0.2) is 37.1 Å². The number of fused-ring (bicyclic) bond motifs is 1. The number of benzene rings is 1. The van der Waals surface area contributed by atoms with E-state index < -0.39 is 0 Å². The zero-order chi connectivity index (χ0) is 15.0. The fourth-order valence-corrected chi connectivity index (χ4v) is 3.67. The molecule has 118 valence electrons. The lowest BCUT2D eigenvalue weighted by molar-refractivity contribution is -0.133. The Labute approximate surface area is 131 Å². The van der Waals surface area contributed by atoms with Crippen molar-refractivity contribution < 1.29 is 14.3 Å². The minimum absolute atomic E-state index is 0.291. The number of carbonyl (C=O) groups is 1. The molecule has 0 radical (unpaired) electrons. The Morgan fingerprint density at radius 3 is 2.32 bits per heavy atom. The van der Waals surface area contributed by atoms with Crippen LogP contribution in [0.5, 0.6) is 11.5 Å². The molecule has 0 N–H and O–H groups in total. The molecular weight excluding hydrogens is 278 g/mol. The highest BCUT2D eigenvalue weighted by Crippen LogP contribution is 2.51. The molecule has 2 aliphatic heterocycles. The monoisotopic (exact) mass is 301 g/mol. The van der Waals surface area contributed by atoms with E-state index in [1.54, 1.807) is 0 Å². The summed E-state index contributed by atoms with van der Waals surface area (Å²) in [6, 6.07) is 6.03. The van der Waals surface area contributed by atoms with Crippen LogP contribution in [0.25, 0.3) is 0 Å². The van der Waals surface area contributed by atoms with Crippen LogP contribution >= 0.6 is 0 Å². The van der Waals surface area contributed by atoms with E-state index in [4.69, 9.17) is 9.47 Å². The third kappa shape index (κ3) is 2.34. The molecule has 0 bridgehead atoms. The average molecular weight is 301 g/mol. The lowest BCUT2D eigenvalue weighted by atomic mass is 9.93. The van der Waals surface area contributed by atoms with Crippen LogP contribution in [0, 0.1) is 0 Å². The molecule has 22 heavy (non-hydrogen) atoms. The summed E-state index contributed by atoms with van der Waals surface area (Å²) in [4.78, 5) is 15.2. The van der Waals surface area contributed by atoms with Crippen molar-refractivity contribution in [3.8, 4) is 11.5 Å². The number of rotatable bonds is 2. The second kappa shape index (κ2) is 5.49. The van der Waals surface area contributed by atoms with Crippen LogP contribution in [0.15, 0.2) is 18.2 Å². The normalized spacial score (nSPS) is 22.8. The van der Waals surface area contributed by atoms with Gasteiger partial charge in [-0.25, -0.2) is 0 Å². The van der Waals surface area contributed by atoms with Crippen LogP contribution in [0.3, 0.4) is 0 Å². The Balaban J connectivity index is 1.59. The average Bonchev–Trinajstić information content (AvgIpc) is 3.38. The molecule has 2 fully saturated rings. The highest BCUT2D eigenvalue weighted by atomic mass is 16.6. The molecule has 1 aromatic carbocycles. The predicted molar refractivity (Wildman–Crippen MR) is 83.4 cm³/mol. The molecule has 0 spiro atoms. The first-order valence-electron chi connectivity index (χ1n) is 8.49. The highest BCUT2D eigenvalue weighted by molar-refractivity contribution is 5.91. The highest BCUT2D eigenvalue weighted by Gasteiger charge is 2.53. The van der Waals surface area contributed by atoms with Crippen molar-refractivity contribution in [2.45, 2.75) is 43.9 Å². The molecule has 4 nitrogen and oxygen atoms in total. The first-order chi connectivity index (χ1) is 10.8. The number of amides is 1. The molecule has 1 aliphatic carbocycles. The molecular formula is C18H23NO3. The van der Waals surface area contributed by atoms with Crippen molar-refractivity contribution in [2.75, 3.05) is 26.3 Å². The number of likely N-dealkylation sites (tertiary alicyclic amines) is 1. The maximum Gasteiger partial charge on any atom is 0.233 e. The van der Waals surface area contributed by atoms with Crippen LogP contribution in [0.1, 0.15) is 44.1 Å². The van der Waals surface area contributed by atoms with Gasteiger partial charge in [0, 0.05) is 13.1 Å². The SMILES string of the molecule is O=C(N1CCCCCC1)C1(c2ccc3c(c2)OCCO3)CC1. The summed E-state index contributed by atoms with van der Waals surface area (Å²) in [5.41, 5.74) is 0.811. The molecule has 0 unspecified atom stereocenters. The van der Waals surface area contributed by atoms with Gasteiger partial charge in [-0.2, -0.15) is 0 Å². The Hall–Kier alpha value is -1.71. The van der Waals surface area contributed by atoms with E-state index in [-0.39, 0.29) is 5.41 Å². The van der Waals surface area contributed by atoms with E-state index in [1.807, 2.05) is 12.1 Å². The van der Waals surface area contributed by atoms with Gasteiger partial charge in [0.1, 0.15) is 13.2 Å². The Bertz CT molecular complexity index is 572. The lowest BCUT2D eigenvalue weighted by Crippen LogP contribution is -2.40. The maximum absolute atomic E-state index is 13.1. The third-order valence-electron chi connectivity index (χ3n) is 5.15. The van der Waals surface area contributed by atoms with Crippen molar-refractivity contribution in [1.82, 2.24) is 4.90 Å². The molecule has 4 rings (SSSR count). The predicted octanol–water partition coefficient (Wildman–Crippen LogP) is 2.89. The molecule has 3 aliphatic rings. The number of hydrogen-bond acceptors (Lipinski definition) is 3. The fraction of sp³-hybridized carbons (Fsp3) is 0.611. The largest absolute Gasteiger partial charge is 0.486 e. The van der Waals surface area contributed by atoms with Gasteiger partial charge >= 0.3 is 0 Å². The van der Waals surface area contributed by atoms with Crippen molar-refractivity contribution in [3.05, 3.63) is 23.8 Å². The van der Waals surface area contributed by atoms with Gasteiger partial charge in [0.15, 0.2) is 11.5 Å². The first kappa shape index (κ1) is 13.9. The van der Waals surface area contributed by atoms with Crippen LogP contribution in [0.4, 0.5) is 0 Å². The van der Waals surface area contributed by atoms with Crippen LogP contribution in [-0.2, 0) is 10.2 Å². The molecule has 1 saturated carbocycles. The number of hydrogen-bond donors (Lipinski definition) is 0. The van der Waals surface area contributed by atoms with E-state index in [1.165, 1.54) is 12.8 Å². The summed E-state index contributed by atoms with van der Waals surface area (Å²) in [5, 5.41) is 0. The van der Waals surface area contributed by atoms with E-state index in [0.717, 1.165) is 55.8 Å². The van der Waals surface area contributed by atoms with Gasteiger partial charge < -0.3 is 14.4 Å². The lowest BCUT2D eigenvalue weighted by Gasteiger charge is -2.27. The summed E-state index contributed by atoms with van der Waals surface area (Å²) in [7, 11) is 0. The minimum Gasteiger partial charge on any atom is -0.486 e. The number of nitrogens with zero attached hydrogens (tertiary/aromatic N) is 1. The van der Waals surface area contributed by atoms with Gasteiger partial charge in [0.05, 0.1) is 5.41 Å². The van der Waals surface area contributed by atoms with Gasteiger partial charge in [-0.3, -0.25) is 4.79 Å². The summed E-state index contributed by atoms with van der Waals surface area (Å²) < 4.78 is 11.3. The quantitative estimate of drug-likeness (QED) is 0.843. The van der Waals surface area contributed by atoms with Gasteiger partial charge in [-0.15, -0.1) is 0 Å². The van der Waals surface area contributed by atoms with E-state index in [0.29, 0.717) is 19.1 Å². The maximum atomic E-state index is 13.1. The number of ether oxygens (including phenoxy) is 2. The third-order valence-corrected chi connectivity index (χ3v) is 5.15. The van der Waals surface area contributed by atoms with Crippen molar-refractivity contribution in [1.29, 1.82) is 0 Å². The molecule has 1 amide bonds. The van der Waals surface area contributed by atoms with Gasteiger partial charge in [0.25, 0.3) is 0 Å². The van der Waals surface area contributed by atoms with E-state index in [2.05, 4.69) is 11.0 Å². The second-order valence-electron chi connectivity index (χ2n) is 6.65. The zero-order valence-electron chi connectivity index (χ0n) is 13.0. The molecule has 1 saturated heterocycles. The fourth-order valence-electron chi connectivity index (χ4n) is 3.67. The summed E-state index contributed by atoms with van der Waals surface area (Å²) in [6.07, 6.45) is 6.71. The van der Waals surface area contributed by atoms with E-state index in [9.17, 15) is 4.79 Å². The minimum atomic E-state index is -0.291. The molecule has 2 heterocycles. The van der Waals surface area contributed by atoms with Crippen molar-refractivity contribution in [3.63, 3.8) is 0 Å². The molecule has 0 aromatic heterocycles. The zero-order valence-corrected chi connectivity index (χ0v) is 13.0. The molecule has 0 atom stereocenters. The Morgan fingerprint density at radius 2 is 1.64 bits per heavy atom.